The third-order valence-electron chi connectivity index (χ3n) is 3.60. The van der Waals surface area contributed by atoms with Crippen LogP contribution in [0.15, 0.2) is 54.6 Å². The Balaban J connectivity index is 0.00000208. The van der Waals surface area contributed by atoms with Crippen molar-refractivity contribution in [3.05, 3.63) is 59.6 Å². The summed E-state index contributed by atoms with van der Waals surface area (Å²) < 4.78 is 0. The topological polar surface area (TPSA) is 65.4 Å². The summed E-state index contributed by atoms with van der Waals surface area (Å²) in [6.07, 6.45) is -0.805. The summed E-state index contributed by atoms with van der Waals surface area (Å²) in [4.78, 5) is 4.69. The summed E-state index contributed by atoms with van der Waals surface area (Å²) in [5.41, 5.74) is 3.52. The molecule has 3 aromatic rings. The minimum atomic E-state index is -0.805. The average Bonchev–Trinajstić information content (AvgIpc) is 2.59. The number of aliphatic hydroxyl groups is 2. The predicted molar refractivity (Wildman–Crippen MR) is 101 cm³/mol. The van der Waals surface area contributed by atoms with E-state index >= 15 is 0 Å². The first kappa shape index (κ1) is 18.5. The van der Waals surface area contributed by atoms with Crippen LogP contribution in [0, 0.1) is 0 Å². The fourth-order valence-electron chi connectivity index (χ4n) is 2.38. The zero-order valence-corrected chi connectivity index (χ0v) is 14.4. The third-order valence-corrected chi connectivity index (χ3v) is 3.85. The number of fused-ring (bicyclic) bond motifs is 1. The van der Waals surface area contributed by atoms with E-state index in [9.17, 15) is 5.11 Å². The van der Waals surface area contributed by atoms with Gasteiger partial charge in [0, 0.05) is 28.2 Å². The number of pyridine rings is 1. The molecule has 3 rings (SSSR count). The highest BCUT2D eigenvalue weighted by atomic mass is 35.5. The van der Waals surface area contributed by atoms with Crippen LogP contribution in [0.3, 0.4) is 0 Å². The molecule has 1 aromatic heterocycles. The lowest BCUT2D eigenvalue weighted by Gasteiger charge is -2.14. The zero-order valence-electron chi connectivity index (χ0n) is 12.8. The highest BCUT2D eigenvalue weighted by Crippen LogP contribution is 2.28. The molecule has 0 radical (unpaired) electrons. The van der Waals surface area contributed by atoms with Crippen LogP contribution in [0.5, 0.6) is 0 Å². The van der Waals surface area contributed by atoms with Gasteiger partial charge in [-0.2, -0.15) is 0 Å². The number of hydrogen-bond donors (Lipinski definition) is 3. The van der Waals surface area contributed by atoms with Crippen LogP contribution in [0.2, 0.25) is 5.02 Å². The Kier molecular flexibility index (Phi) is 6.40. The van der Waals surface area contributed by atoms with E-state index < -0.39 is 6.10 Å². The molecular formula is C18H18Cl2N2O2. The predicted octanol–water partition coefficient (Wildman–Crippen LogP) is 3.74. The largest absolute Gasteiger partial charge is 0.394 e. The van der Waals surface area contributed by atoms with Crippen LogP contribution in [-0.2, 0) is 0 Å². The van der Waals surface area contributed by atoms with Crippen LogP contribution >= 0.6 is 24.0 Å². The van der Waals surface area contributed by atoms with E-state index in [1.807, 2.05) is 54.6 Å². The van der Waals surface area contributed by atoms with Gasteiger partial charge >= 0.3 is 0 Å². The normalized spacial score (nSPS) is 11.8. The first-order chi connectivity index (χ1) is 11.2. The summed E-state index contributed by atoms with van der Waals surface area (Å²) in [5.74, 6) is 0. The molecular weight excluding hydrogens is 347 g/mol. The highest BCUT2D eigenvalue weighted by molar-refractivity contribution is 6.30. The molecule has 126 valence electrons. The molecule has 0 aliphatic heterocycles. The van der Waals surface area contributed by atoms with Gasteiger partial charge in [0.25, 0.3) is 0 Å². The van der Waals surface area contributed by atoms with E-state index in [1.54, 1.807) is 0 Å². The molecule has 0 amide bonds. The van der Waals surface area contributed by atoms with Crippen LogP contribution < -0.4 is 5.32 Å². The highest BCUT2D eigenvalue weighted by Gasteiger charge is 2.09. The van der Waals surface area contributed by atoms with Crippen LogP contribution in [0.4, 0.5) is 5.69 Å². The quantitative estimate of drug-likeness (QED) is 0.645. The van der Waals surface area contributed by atoms with Gasteiger partial charge in [0.2, 0.25) is 0 Å². The molecule has 1 heterocycles. The third kappa shape index (κ3) is 4.16. The van der Waals surface area contributed by atoms with Crippen molar-refractivity contribution >= 4 is 40.6 Å². The molecule has 0 spiro atoms. The maximum Gasteiger partial charge on any atom is 0.0942 e. The standard InChI is InChI=1S/C18H17ClN2O2.ClH/c19-13-7-5-12(6-8-13)17-9-18(20-10-14(23)11-22)15-3-1-2-4-16(15)21-17;/h1-9,14,22-23H,10-11H2,(H,20,21);1H. The van der Waals surface area contributed by atoms with Crippen molar-refractivity contribution in [3.63, 3.8) is 0 Å². The summed E-state index contributed by atoms with van der Waals surface area (Å²) >= 11 is 5.94. The van der Waals surface area contributed by atoms with E-state index in [-0.39, 0.29) is 25.6 Å². The molecule has 3 N–H and O–H groups in total. The van der Waals surface area contributed by atoms with Gasteiger partial charge < -0.3 is 15.5 Å². The van der Waals surface area contributed by atoms with E-state index in [0.717, 1.165) is 27.8 Å². The van der Waals surface area contributed by atoms with Crippen molar-refractivity contribution in [2.24, 2.45) is 0 Å². The molecule has 2 aromatic carbocycles. The number of nitrogens with one attached hydrogen (secondary N) is 1. The summed E-state index contributed by atoms with van der Waals surface area (Å²) in [5, 5.41) is 23.4. The number of halogens is 2. The van der Waals surface area contributed by atoms with Crippen molar-refractivity contribution < 1.29 is 10.2 Å². The van der Waals surface area contributed by atoms with Crippen molar-refractivity contribution in [2.45, 2.75) is 6.10 Å². The van der Waals surface area contributed by atoms with Gasteiger partial charge in [-0.3, -0.25) is 0 Å². The Morgan fingerprint density at radius 3 is 2.50 bits per heavy atom. The maximum atomic E-state index is 9.57. The van der Waals surface area contributed by atoms with E-state index in [0.29, 0.717) is 5.02 Å². The number of benzene rings is 2. The number of anilines is 1. The summed E-state index contributed by atoms with van der Waals surface area (Å²) in [7, 11) is 0. The van der Waals surface area contributed by atoms with Crippen molar-refractivity contribution in [1.82, 2.24) is 4.98 Å². The number of nitrogens with zero attached hydrogens (tertiary/aromatic N) is 1. The van der Waals surface area contributed by atoms with Gasteiger partial charge in [0.15, 0.2) is 0 Å². The van der Waals surface area contributed by atoms with Crippen LogP contribution in [0.25, 0.3) is 22.2 Å². The van der Waals surface area contributed by atoms with Gasteiger partial charge in [-0.25, -0.2) is 4.98 Å². The number of aliphatic hydroxyl groups excluding tert-OH is 2. The number of rotatable bonds is 5. The smallest absolute Gasteiger partial charge is 0.0942 e. The van der Waals surface area contributed by atoms with E-state index in [4.69, 9.17) is 16.7 Å². The lowest BCUT2D eigenvalue weighted by Crippen LogP contribution is -2.23. The molecule has 0 saturated carbocycles. The Morgan fingerprint density at radius 1 is 1.08 bits per heavy atom. The molecule has 1 atom stereocenters. The lowest BCUT2D eigenvalue weighted by molar-refractivity contribution is 0.105. The fourth-order valence-corrected chi connectivity index (χ4v) is 2.51. The van der Waals surface area contributed by atoms with E-state index in [2.05, 4.69) is 10.3 Å². The van der Waals surface area contributed by atoms with Crippen molar-refractivity contribution in [1.29, 1.82) is 0 Å². The van der Waals surface area contributed by atoms with Gasteiger partial charge in [-0.1, -0.05) is 41.9 Å². The van der Waals surface area contributed by atoms with Gasteiger partial charge in [-0.05, 0) is 24.3 Å². The first-order valence-electron chi connectivity index (χ1n) is 7.36. The van der Waals surface area contributed by atoms with Gasteiger partial charge in [0.05, 0.1) is 23.9 Å². The Bertz CT molecular complexity index is 810. The molecule has 1 unspecified atom stereocenters. The van der Waals surface area contributed by atoms with Crippen LogP contribution in [0.1, 0.15) is 0 Å². The van der Waals surface area contributed by atoms with Crippen molar-refractivity contribution in [3.8, 4) is 11.3 Å². The minimum Gasteiger partial charge on any atom is -0.394 e. The second kappa shape index (κ2) is 8.31. The number of para-hydroxylation sites is 1. The lowest BCUT2D eigenvalue weighted by atomic mass is 10.1. The summed E-state index contributed by atoms with van der Waals surface area (Å²) in [6.45, 7) is -0.00930. The number of aromatic nitrogens is 1. The molecule has 0 fully saturated rings. The van der Waals surface area contributed by atoms with E-state index in [1.165, 1.54) is 0 Å². The molecule has 0 bridgehead atoms. The average molecular weight is 365 g/mol. The molecule has 6 heteroatoms. The first-order valence-corrected chi connectivity index (χ1v) is 7.73. The summed E-state index contributed by atoms with van der Waals surface area (Å²) in [6, 6.07) is 17.2. The SMILES string of the molecule is Cl.OCC(O)CNc1cc(-c2ccc(Cl)cc2)nc2ccccc12. The molecule has 0 aliphatic carbocycles. The van der Waals surface area contributed by atoms with Gasteiger partial charge in [0.1, 0.15) is 0 Å². The Hall–Kier alpha value is -1.85. The molecule has 24 heavy (non-hydrogen) atoms. The Labute approximate surface area is 151 Å². The zero-order chi connectivity index (χ0) is 16.2. The monoisotopic (exact) mass is 364 g/mol. The van der Waals surface area contributed by atoms with Gasteiger partial charge in [-0.15, -0.1) is 12.4 Å². The van der Waals surface area contributed by atoms with Crippen molar-refractivity contribution in [2.75, 3.05) is 18.5 Å². The molecule has 0 aliphatic rings. The second-order valence-corrected chi connectivity index (χ2v) is 5.73. The molecule has 0 saturated heterocycles. The van der Waals surface area contributed by atoms with Crippen LogP contribution in [-0.4, -0.2) is 34.5 Å². The maximum absolute atomic E-state index is 9.57. The second-order valence-electron chi connectivity index (χ2n) is 5.30. The Morgan fingerprint density at radius 2 is 1.79 bits per heavy atom. The fraction of sp³-hybridized carbons (Fsp3) is 0.167. The molecule has 4 nitrogen and oxygen atoms in total. The minimum absolute atomic E-state index is 0. The number of hydrogen-bond acceptors (Lipinski definition) is 4.